The smallest absolute Gasteiger partial charge is 0.137 e. The Bertz CT molecular complexity index is 608. The molecule has 1 aliphatic carbocycles. The number of hydrogen-bond acceptors (Lipinski definition) is 2. The summed E-state index contributed by atoms with van der Waals surface area (Å²) < 4.78 is 5.19. The summed E-state index contributed by atoms with van der Waals surface area (Å²) in [6.07, 6.45) is 2.25. The molecule has 0 aliphatic heterocycles. The molecular weight excluding hydrogens is 270 g/mol. The highest BCUT2D eigenvalue weighted by atomic mass is 35.5. The summed E-state index contributed by atoms with van der Waals surface area (Å²) in [5.41, 5.74) is 8.98. The Hall–Kier alpha value is -1.51. The van der Waals surface area contributed by atoms with E-state index in [1.165, 1.54) is 5.56 Å². The van der Waals surface area contributed by atoms with Crippen molar-refractivity contribution in [2.24, 2.45) is 5.73 Å². The molecule has 2 N–H and O–H groups in total. The summed E-state index contributed by atoms with van der Waals surface area (Å²) in [7, 11) is 1.62. The van der Waals surface area contributed by atoms with Crippen LogP contribution in [0.3, 0.4) is 0 Å². The van der Waals surface area contributed by atoms with E-state index in [9.17, 15) is 0 Å². The zero-order valence-corrected chi connectivity index (χ0v) is 12.2. The number of nitrogens with two attached hydrogens (primary N) is 1. The van der Waals surface area contributed by atoms with Crippen molar-refractivity contribution in [3.63, 3.8) is 0 Å². The van der Waals surface area contributed by atoms with Crippen molar-refractivity contribution in [3.05, 3.63) is 64.7 Å². The first-order valence-electron chi connectivity index (χ1n) is 6.82. The van der Waals surface area contributed by atoms with Gasteiger partial charge in [-0.1, -0.05) is 48.0 Å². The van der Waals surface area contributed by atoms with E-state index < -0.39 is 0 Å². The molecule has 1 saturated carbocycles. The largest absolute Gasteiger partial charge is 0.495 e. The Kier molecular flexibility index (Phi) is 3.45. The Balaban J connectivity index is 1.93. The van der Waals surface area contributed by atoms with Gasteiger partial charge in [-0.3, -0.25) is 0 Å². The van der Waals surface area contributed by atoms with Gasteiger partial charge in [0.05, 0.1) is 12.1 Å². The highest BCUT2D eigenvalue weighted by Gasteiger charge is 2.49. The second kappa shape index (κ2) is 5.12. The van der Waals surface area contributed by atoms with Crippen molar-refractivity contribution < 1.29 is 4.74 Å². The van der Waals surface area contributed by atoms with Crippen LogP contribution in [0, 0.1) is 0 Å². The first-order chi connectivity index (χ1) is 9.67. The van der Waals surface area contributed by atoms with Crippen molar-refractivity contribution in [2.45, 2.75) is 24.3 Å². The zero-order chi connectivity index (χ0) is 14.2. The van der Waals surface area contributed by atoms with E-state index in [4.69, 9.17) is 22.1 Å². The summed E-state index contributed by atoms with van der Waals surface area (Å²) in [4.78, 5) is 0. The van der Waals surface area contributed by atoms with Gasteiger partial charge in [0.15, 0.2) is 0 Å². The maximum absolute atomic E-state index is 6.53. The lowest BCUT2D eigenvalue weighted by atomic mass is 9.84. The minimum absolute atomic E-state index is 0.0340. The summed E-state index contributed by atoms with van der Waals surface area (Å²) in [5, 5.41) is 0.615. The monoisotopic (exact) mass is 287 g/mol. The molecule has 2 nitrogen and oxygen atoms in total. The van der Waals surface area contributed by atoms with E-state index in [1.807, 2.05) is 24.3 Å². The van der Waals surface area contributed by atoms with Gasteiger partial charge in [-0.05, 0) is 36.1 Å². The number of ether oxygens (including phenoxy) is 1. The average molecular weight is 288 g/mol. The normalized spacial score (nSPS) is 17.6. The molecule has 0 spiro atoms. The van der Waals surface area contributed by atoms with Gasteiger partial charge in [-0.25, -0.2) is 0 Å². The van der Waals surface area contributed by atoms with Crippen LogP contribution in [0.1, 0.15) is 30.0 Å². The molecule has 3 heteroatoms. The molecule has 0 radical (unpaired) electrons. The SMILES string of the molecule is COc1ccc(C(N)C2(c3ccccc3)CC2)cc1Cl. The summed E-state index contributed by atoms with van der Waals surface area (Å²) in [5.74, 6) is 0.687. The van der Waals surface area contributed by atoms with Gasteiger partial charge in [-0.2, -0.15) is 0 Å². The molecule has 20 heavy (non-hydrogen) atoms. The molecule has 1 fully saturated rings. The third-order valence-electron chi connectivity index (χ3n) is 4.27. The molecule has 1 atom stereocenters. The molecule has 2 aromatic carbocycles. The lowest BCUT2D eigenvalue weighted by Crippen LogP contribution is -2.26. The van der Waals surface area contributed by atoms with Crippen molar-refractivity contribution in [2.75, 3.05) is 7.11 Å². The third-order valence-corrected chi connectivity index (χ3v) is 4.56. The first kappa shape index (κ1) is 13.5. The number of methoxy groups -OCH3 is 1. The fourth-order valence-electron chi connectivity index (χ4n) is 2.88. The molecule has 0 aromatic heterocycles. The van der Waals surface area contributed by atoms with E-state index in [0.717, 1.165) is 18.4 Å². The van der Waals surface area contributed by atoms with Crippen LogP contribution < -0.4 is 10.5 Å². The van der Waals surface area contributed by atoms with Gasteiger partial charge >= 0.3 is 0 Å². The van der Waals surface area contributed by atoms with Crippen LogP contribution in [0.15, 0.2) is 48.5 Å². The van der Waals surface area contributed by atoms with Crippen LogP contribution in [0.2, 0.25) is 5.02 Å². The molecule has 1 unspecified atom stereocenters. The standard InChI is InChI=1S/C17H18ClNO/c1-20-15-8-7-12(11-14(15)18)16(19)17(9-10-17)13-5-3-2-4-6-13/h2-8,11,16H,9-10,19H2,1H3. The van der Waals surface area contributed by atoms with Gasteiger partial charge in [0.2, 0.25) is 0 Å². The molecule has 0 bridgehead atoms. The van der Waals surface area contributed by atoms with E-state index in [1.54, 1.807) is 7.11 Å². The first-order valence-corrected chi connectivity index (χ1v) is 7.20. The Morgan fingerprint density at radius 2 is 1.85 bits per heavy atom. The predicted octanol–water partition coefficient (Wildman–Crippen LogP) is 4.08. The summed E-state index contributed by atoms with van der Waals surface area (Å²) in [6.45, 7) is 0. The van der Waals surface area contributed by atoms with Crippen LogP contribution in [0.25, 0.3) is 0 Å². The Morgan fingerprint density at radius 3 is 2.40 bits per heavy atom. The third kappa shape index (κ3) is 2.19. The average Bonchev–Trinajstić information content (AvgIpc) is 3.29. The van der Waals surface area contributed by atoms with Crippen LogP contribution in [0.5, 0.6) is 5.75 Å². The van der Waals surface area contributed by atoms with Gasteiger partial charge in [0, 0.05) is 11.5 Å². The minimum atomic E-state index is -0.0340. The minimum Gasteiger partial charge on any atom is -0.495 e. The van der Waals surface area contributed by atoms with Crippen LogP contribution in [0.4, 0.5) is 0 Å². The molecule has 104 valence electrons. The summed E-state index contributed by atoms with van der Waals surface area (Å²) >= 11 is 6.21. The quantitative estimate of drug-likeness (QED) is 0.919. The fraction of sp³-hybridized carbons (Fsp3) is 0.294. The maximum atomic E-state index is 6.53. The van der Waals surface area contributed by atoms with Gasteiger partial charge in [0.25, 0.3) is 0 Å². The van der Waals surface area contributed by atoms with Crippen LogP contribution in [-0.4, -0.2) is 7.11 Å². The molecular formula is C17H18ClNO. The van der Waals surface area contributed by atoms with E-state index in [2.05, 4.69) is 24.3 Å². The number of hydrogen-bond donors (Lipinski definition) is 1. The van der Waals surface area contributed by atoms with Crippen molar-refractivity contribution in [1.29, 1.82) is 0 Å². The fourth-order valence-corrected chi connectivity index (χ4v) is 3.15. The lowest BCUT2D eigenvalue weighted by molar-refractivity contribution is 0.414. The van der Waals surface area contributed by atoms with Crippen molar-refractivity contribution >= 4 is 11.6 Å². The summed E-state index contributed by atoms with van der Waals surface area (Å²) in [6, 6.07) is 16.3. The lowest BCUT2D eigenvalue weighted by Gasteiger charge is -2.24. The van der Waals surface area contributed by atoms with E-state index >= 15 is 0 Å². The van der Waals surface area contributed by atoms with Crippen LogP contribution in [-0.2, 0) is 5.41 Å². The van der Waals surface area contributed by atoms with E-state index in [0.29, 0.717) is 10.8 Å². The second-order valence-electron chi connectivity index (χ2n) is 5.39. The molecule has 2 aromatic rings. The molecule has 1 aliphatic rings. The topological polar surface area (TPSA) is 35.2 Å². The van der Waals surface area contributed by atoms with Gasteiger partial charge in [-0.15, -0.1) is 0 Å². The molecule has 0 heterocycles. The van der Waals surface area contributed by atoms with Gasteiger partial charge in [0.1, 0.15) is 5.75 Å². The highest BCUT2D eigenvalue weighted by molar-refractivity contribution is 6.32. The van der Waals surface area contributed by atoms with Crippen molar-refractivity contribution in [3.8, 4) is 5.75 Å². The zero-order valence-electron chi connectivity index (χ0n) is 11.5. The van der Waals surface area contributed by atoms with E-state index in [-0.39, 0.29) is 11.5 Å². The predicted molar refractivity (Wildman–Crippen MR) is 82.3 cm³/mol. The number of rotatable bonds is 4. The van der Waals surface area contributed by atoms with Gasteiger partial charge < -0.3 is 10.5 Å². The Morgan fingerprint density at radius 1 is 1.15 bits per heavy atom. The number of halogens is 1. The van der Waals surface area contributed by atoms with Crippen molar-refractivity contribution in [1.82, 2.24) is 0 Å². The number of benzene rings is 2. The van der Waals surface area contributed by atoms with Crippen LogP contribution >= 0.6 is 11.6 Å². The Labute approximate surface area is 124 Å². The molecule has 0 amide bonds. The molecule has 3 rings (SSSR count). The highest BCUT2D eigenvalue weighted by Crippen LogP contribution is 2.55. The molecule has 0 saturated heterocycles. The maximum Gasteiger partial charge on any atom is 0.137 e. The second-order valence-corrected chi connectivity index (χ2v) is 5.80.